The Morgan fingerprint density at radius 2 is 1.79 bits per heavy atom. The van der Waals surface area contributed by atoms with E-state index in [1.807, 2.05) is 35.0 Å². The molecule has 8 nitrogen and oxygen atoms in total. The Labute approximate surface area is 162 Å². The molecule has 1 aliphatic rings. The Kier molecular flexibility index (Phi) is 4.62. The van der Waals surface area contributed by atoms with Gasteiger partial charge in [0.1, 0.15) is 0 Å². The summed E-state index contributed by atoms with van der Waals surface area (Å²) in [4.78, 5) is 12.9. The molecule has 0 aliphatic heterocycles. The summed E-state index contributed by atoms with van der Waals surface area (Å²) >= 11 is 0. The van der Waals surface area contributed by atoms with E-state index in [1.165, 1.54) is 6.07 Å². The van der Waals surface area contributed by atoms with Gasteiger partial charge in [0.05, 0.1) is 11.4 Å². The number of nitrogens with zero attached hydrogens (tertiary/aromatic N) is 2. The van der Waals surface area contributed by atoms with Crippen molar-refractivity contribution < 1.29 is 13.2 Å². The maximum absolute atomic E-state index is 12.9. The summed E-state index contributed by atoms with van der Waals surface area (Å²) in [5, 5.41) is 12.3. The highest BCUT2D eigenvalue weighted by Crippen LogP contribution is 2.28. The van der Waals surface area contributed by atoms with Gasteiger partial charge in [-0.3, -0.25) is 9.52 Å². The molecule has 28 heavy (non-hydrogen) atoms. The first-order valence-electron chi connectivity index (χ1n) is 8.79. The SMILES string of the molecule is NS(=O)(=O)Nc1cccc(NC(=O)c2nn(-c3ccccc3)c3c2CCC3)c1. The molecule has 0 saturated heterocycles. The Morgan fingerprint density at radius 1 is 1.04 bits per heavy atom. The highest BCUT2D eigenvalue weighted by atomic mass is 32.2. The molecule has 0 fully saturated rings. The molecule has 4 N–H and O–H groups in total. The predicted molar refractivity (Wildman–Crippen MR) is 107 cm³/mol. The number of nitrogens with two attached hydrogens (primary N) is 1. The van der Waals surface area contributed by atoms with Crippen molar-refractivity contribution in [2.75, 3.05) is 10.0 Å². The van der Waals surface area contributed by atoms with Gasteiger partial charge in [0.25, 0.3) is 16.1 Å². The van der Waals surface area contributed by atoms with Gasteiger partial charge in [-0.25, -0.2) is 9.82 Å². The van der Waals surface area contributed by atoms with Crippen molar-refractivity contribution in [1.29, 1.82) is 0 Å². The van der Waals surface area contributed by atoms with E-state index < -0.39 is 10.2 Å². The summed E-state index contributed by atoms with van der Waals surface area (Å²) in [7, 11) is -3.89. The smallest absolute Gasteiger partial charge is 0.296 e. The van der Waals surface area contributed by atoms with Crippen LogP contribution in [0.25, 0.3) is 5.69 Å². The number of rotatable bonds is 5. The van der Waals surface area contributed by atoms with Crippen molar-refractivity contribution in [1.82, 2.24) is 9.78 Å². The average Bonchev–Trinajstić information content (AvgIpc) is 3.23. The molecule has 4 rings (SSSR count). The molecular weight excluding hydrogens is 378 g/mol. The topological polar surface area (TPSA) is 119 Å². The number of benzene rings is 2. The summed E-state index contributed by atoms with van der Waals surface area (Å²) in [6, 6.07) is 16.0. The van der Waals surface area contributed by atoms with Crippen LogP contribution >= 0.6 is 0 Å². The van der Waals surface area contributed by atoms with Crippen LogP contribution < -0.4 is 15.2 Å². The van der Waals surface area contributed by atoms with E-state index in [0.29, 0.717) is 11.4 Å². The summed E-state index contributed by atoms with van der Waals surface area (Å²) in [5.41, 5.74) is 4.03. The second kappa shape index (κ2) is 7.10. The highest BCUT2D eigenvalue weighted by molar-refractivity contribution is 7.90. The fourth-order valence-corrected chi connectivity index (χ4v) is 3.87. The summed E-state index contributed by atoms with van der Waals surface area (Å²) in [6.45, 7) is 0. The lowest BCUT2D eigenvalue weighted by atomic mass is 10.2. The van der Waals surface area contributed by atoms with Crippen LogP contribution in [0.2, 0.25) is 0 Å². The first-order valence-corrected chi connectivity index (χ1v) is 10.3. The fourth-order valence-electron chi connectivity index (χ4n) is 3.42. The average molecular weight is 397 g/mol. The number of carbonyl (C=O) groups excluding carboxylic acids is 1. The van der Waals surface area contributed by atoms with E-state index in [-0.39, 0.29) is 11.6 Å². The largest absolute Gasteiger partial charge is 0.321 e. The predicted octanol–water partition coefficient (Wildman–Crippen LogP) is 2.23. The van der Waals surface area contributed by atoms with Gasteiger partial charge in [-0.05, 0) is 49.6 Å². The van der Waals surface area contributed by atoms with Crippen LogP contribution in [0.3, 0.4) is 0 Å². The molecule has 2 aromatic carbocycles. The third-order valence-electron chi connectivity index (χ3n) is 4.53. The zero-order valence-corrected chi connectivity index (χ0v) is 15.7. The highest BCUT2D eigenvalue weighted by Gasteiger charge is 2.27. The lowest BCUT2D eigenvalue weighted by Gasteiger charge is -2.08. The van der Waals surface area contributed by atoms with Crippen LogP contribution in [0.15, 0.2) is 54.6 Å². The van der Waals surface area contributed by atoms with E-state index in [0.717, 1.165) is 36.2 Å². The number of anilines is 2. The minimum absolute atomic E-state index is 0.264. The first-order chi connectivity index (χ1) is 13.4. The van der Waals surface area contributed by atoms with E-state index in [9.17, 15) is 13.2 Å². The number of hydrogen-bond acceptors (Lipinski definition) is 4. The normalized spacial score (nSPS) is 13.2. The van der Waals surface area contributed by atoms with Crippen LogP contribution in [0.4, 0.5) is 11.4 Å². The molecule has 3 aromatic rings. The van der Waals surface area contributed by atoms with Gasteiger partial charge in [0.15, 0.2) is 5.69 Å². The quantitative estimate of drug-likeness (QED) is 0.611. The molecule has 1 aromatic heterocycles. The molecular formula is C19H19N5O3S. The van der Waals surface area contributed by atoms with E-state index in [1.54, 1.807) is 18.2 Å². The molecule has 1 aliphatic carbocycles. The Bertz CT molecular complexity index is 1140. The molecule has 0 radical (unpaired) electrons. The number of amides is 1. The van der Waals surface area contributed by atoms with Gasteiger partial charge in [-0.15, -0.1) is 0 Å². The maximum Gasteiger partial charge on any atom is 0.296 e. The summed E-state index contributed by atoms with van der Waals surface area (Å²) in [6.07, 6.45) is 2.66. The molecule has 0 unspecified atom stereocenters. The Hall–Kier alpha value is -3.17. The maximum atomic E-state index is 12.9. The molecule has 0 spiro atoms. The zero-order chi connectivity index (χ0) is 19.7. The molecule has 0 bridgehead atoms. The van der Waals surface area contributed by atoms with Gasteiger partial charge in [0.2, 0.25) is 0 Å². The monoisotopic (exact) mass is 397 g/mol. The van der Waals surface area contributed by atoms with Crippen molar-refractivity contribution in [3.8, 4) is 5.69 Å². The summed E-state index contributed by atoms with van der Waals surface area (Å²) in [5.74, 6) is -0.333. The minimum Gasteiger partial charge on any atom is -0.321 e. The van der Waals surface area contributed by atoms with Gasteiger partial charge in [-0.1, -0.05) is 24.3 Å². The zero-order valence-electron chi connectivity index (χ0n) is 14.9. The fraction of sp³-hybridized carbons (Fsp3) is 0.158. The van der Waals surface area contributed by atoms with E-state index >= 15 is 0 Å². The van der Waals surface area contributed by atoms with Crippen molar-refractivity contribution in [3.63, 3.8) is 0 Å². The van der Waals surface area contributed by atoms with Crippen molar-refractivity contribution in [3.05, 3.63) is 71.5 Å². The molecule has 0 saturated carbocycles. The van der Waals surface area contributed by atoms with Crippen LogP contribution in [0.1, 0.15) is 28.2 Å². The Balaban J connectivity index is 1.62. The summed E-state index contributed by atoms with van der Waals surface area (Å²) < 4.78 is 26.4. The Morgan fingerprint density at radius 3 is 2.54 bits per heavy atom. The lowest BCUT2D eigenvalue weighted by molar-refractivity contribution is 0.102. The number of aromatic nitrogens is 2. The third kappa shape index (κ3) is 3.75. The number of fused-ring (bicyclic) bond motifs is 1. The van der Waals surface area contributed by atoms with Crippen molar-refractivity contribution in [2.45, 2.75) is 19.3 Å². The molecule has 144 valence electrons. The van der Waals surface area contributed by atoms with Gasteiger partial charge < -0.3 is 5.32 Å². The second-order valence-electron chi connectivity index (χ2n) is 6.56. The van der Waals surface area contributed by atoms with Crippen LogP contribution in [-0.2, 0) is 23.1 Å². The molecule has 1 amide bonds. The van der Waals surface area contributed by atoms with Crippen LogP contribution in [0, 0.1) is 0 Å². The molecule has 0 atom stereocenters. The second-order valence-corrected chi connectivity index (χ2v) is 7.85. The van der Waals surface area contributed by atoms with Crippen molar-refractivity contribution >= 4 is 27.5 Å². The van der Waals surface area contributed by atoms with E-state index in [4.69, 9.17) is 5.14 Å². The first kappa shape index (κ1) is 18.2. The van der Waals surface area contributed by atoms with Crippen LogP contribution in [-0.4, -0.2) is 24.1 Å². The molecule has 9 heteroatoms. The van der Waals surface area contributed by atoms with Crippen LogP contribution in [0.5, 0.6) is 0 Å². The number of carbonyl (C=O) groups is 1. The number of nitrogens with one attached hydrogen (secondary N) is 2. The lowest BCUT2D eigenvalue weighted by Crippen LogP contribution is -2.21. The van der Waals surface area contributed by atoms with Gasteiger partial charge in [0, 0.05) is 16.9 Å². The third-order valence-corrected chi connectivity index (χ3v) is 5.05. The van der Waals surface area contributed by atoms with E-state index in [2.05, 4.69) is 15.1 Å². The standard InChI is InChI=1S/C19H19N5O3S/c20-28(26,27)23-14-7-4-6-13(12-14)21-19(25)18-16-10-5-11-17(16)24(22-18)15-8-2-1-3-9-15/h1-4,6-9,12,23H,5,10-11H2,(H,21,25)(H2,20,26,27). The van der Waals surface area contributed by atoms with Gasteiger partial charge in [-0.2, -0.15) is 13.5 Å². The minimum atomic E-state index is -3.89. The van der Waals surface area contributed by atoms with Gasteiger partial charge >= 0.3 is 0 Å². The molecule has 1 heterocycles. The number of para-hydroxylation sites is 1. The van der Waals surface area contributed by atoms with Crippen molar-refractivity contribution in [2.24, 2.45) is 5.14 Å². The number of hydrogen-bond donors (Lipinski definition) is 3.